The van der Waals surface area contributed by atoms with Gasteiger partial charge in [-0.25, -0.2) is 4.79 Å². The topological polar surface area (TPSA) is 32.3 Å². The lowest BCUT2D eigenvalue weighted by Crippen LogP contribution is -2.42. The molecule has 1 rings (SSSR count). The Kier molecular flexibility index (Phi) is 4.92. The highest BCUT2D eigenvalue weighted by Crippen LogP contribution is 2.17. The maximum Gasteiger partial charge on any atom is 0.317 e. The van der Waals surface area contributed by atoms with Gasteiger partial charge in [0.05, 0.1) is 0 Å². The van der Waals surface area contributed by atoms with E-state index in [4.69, 9.17) is 0 Å². The Bertz CT molecular complexity index is 198. The second-order valence-electron chi connectivity index (χ2n) is 5.03. The number of rotatable bonds is 4. The molecule has 3 heteroatoms. The Balaban J connectivity index is 2.20. The van der Waals surface area contributed by atoms with Crippen LogP contribution in [0.25, 0.3) is 0 Å². The van der Waals surface area contributed by atoms with E-state index in [-0.39, 0.29) is 6.03 Å². The summed E-state index contributed by atoms with van der Waals surface area (Å²) in [6, 6.07) is 0.529. The third kappa shape index (κ3) is 4.54. The molecule has 2 amide bonds. The van der Waals surface area contributed by atoms with Crippen molar-refractivity contribution >= 4 is 6.03 Å². The first-order valence-corrected chi connectivity index (χ1v) is 6.11. The van der Waals surface area contributed by atoms with Crippen molar-refractivity contribution in [1.29, 1.82) is 0 Å². The predicted molar refractivity (Wildman–Crippen MR) is 62.9 cm³/mol. The zero-order chi connectivity index (χ0) is 11.3. The van der Waals surface area contributed by atoms with Gasteiger partial charge in [-0.2, -0.15) is 0 Å². The molecule has 0 radical (unpaired) electrons. The second-order valence-corrected chi connectivity index (χ2v) is 5.03. The molecule has 88 valence electrons. The summed E-state index contributed by atoms with van der Waals surface area (Å²) in [6.45, 7) is 5.22. The molecule has 1 saturated carbocycles. The number of nitrogens with one attached hydrogen (secondary N) is 1. The molecular formula is C12H24N2O. The Hall–Kier alpha value is -0.730. The SMILES string of the molecule is CC(C)CCN(C)C(=O)NC1CCCC1. The van der Waals surface area contributed by atoms with E-state index in [0.717, 1.165) is 25.8 Å². The van der Waals surface area contributed by atoms with Crippen molar-refractivity contribution in [2.24, 2.45) is 5.92 Å². The average Bonchev–Trinajstić information content (AvgIpc) is 2.66. The maximum atomic E-state index is 11.7. The van der Waals surface area contributed by atoms with E-state index in [1.165, 1.54) is 12.8 Å². The molecule has 3 nitrogen and oxygen atoms in total. The summed E-state index contributed by atoms with van der Waals surface area (Å²) in [5.41, 5.74) is 0. The third-order valence-electron chi connectivity index (χ3n) is 3.07. The van der Waals surface area contributed by atoms with Crippen LogP contribution in [-0.4, -0.2) is 30.6 Å². The fourth-order valence-corrected chi connectivity index (χ4v) is 1.91. The average molecular weight is 212 g/mol. The van der Waals surface area contributed by atoms with Crippen LogP contribution in [0.3, 0.4) is 0 Å². The van der Waals surface area contributed by atoms with Crippen LogP contribution in [0.4, 0.5) is 4.79 Å². The lowest BCUT2D eigenvalue weighted by molar-refractivity contribution is 0.202. The summed E-state index contributed by atoms with van der Waals surface area (Å²) in [5.74, 6) is 0.659. The maximum absolute atomic E-state index is 11.7. The minimum atomic E-state index is 0.0996. The molecule has 0 bridgehead atoms. The van der Waals surface area contributed by atoms with Crippen molar-refractivity contribution in [3.63, 3.8) is 0 Å². The largest absolute Gasteiger partial charge is 0.335 e. The number of urea groups is 1. The van der Waals surface area contributed by atoms with E-state index in [2.05, 4.69) is 19.2 Å². The minimum absolute atomic E-state index is 0.0996. The number of carbonyl (C=O) groups excluding carboxylic acids is 1. The molecule has 1 fully saturated rings. The van der Waals surface area contributed by atoms with E-state index >= 15 is 0 Å². The van der Waals surface area contributed by atoms with E-state index < -0.39 is 0 Å². The van der Waals surface area contributed by atoms with Crippen molar-refractivity contribution in [1.82, 2.24) is 10.2 Å². The van der Waals surface area contributed by atoms with Gasteiger partial charge in [-0.3, -0.25) is 0 Å². The van der Waals surface area contributed by atoms with Crippen molar-refractivity contribution in [3.05, 3.63) is 0 Å². The van der Waals surface area contributed by atoms with Crippen LogP contribution in [0.15, 0.2) is 0 Å². The normalized spacial score (nSPS) is 17.1. The Labute approximate surface area is 93.2 Å². The molecule has 1 aliphatic carbocycles. The molecule has 0 aromatic carbocycles. The first kappa shape index (κ1) is 12.3. The standard InChI is InChI=1S/C12H24N2O/c1-10(2)8-9-14(3)12(15)13-11-6-4-5-7-11/h10-11H,4-9H2,1-3H3,(H,13,15). The van der Waals surface area contributed by atoms with E-state index in [9.17, 15) is 4.79 Å². The molecule has 0 spiro atoms. The van der Waals surface area contributed by atoms with Gasteiger partial charge in [0.1, 0.15) is 0 Å². The van der Waals surface area contributed by atoms with Crippen LogP contribution in [0.2, 0.25) is 0 Å². The number of hydrogen-bond donors (Lipinski definition) is 1. The molecule has 1 aliphatic rings. The molecule has 0 saturated heterocycles. The predicted octanol–water partition coefficient (Wildman–Crippen LogP) is 2.62. The van der Waals surface area contributed by atoms with E-state index in [1.54, 1.807) is 4.90 Å². The van der Waals surface area contributed by atoms with Crippen LogP contribution < -0.4 is 5.32 Å². The first-order valence-electron chi connectivity index (χ1n) is 6.11. The highest BCUT2D eigenvalue weighted by atomic mass is 16.2. The van der Waals surface area contributed by atoms with E-state index in [1.807, 2.05) is 7.05 Å². The van der Waals surface area contributed by atoms with Gasteiger partial charge in [-0.1, -0.05) is 26.7 Å². The van der Waals surface area contributed by atoms with Gasteiger partial charge in [-0.05, 0) is 25.2 Å². The van der Waals surface area contributed by atoms with Gasteiger partial charge in [0.2, 0.25) is 0 Å². The Morgan fingerprint density at radius 1 is 1.40 bits per heavy atom. The van der Waals surface area contributed by atoms with Crippen molar-refractivity contribution in [2.75, 3.05) is 13.6 Å². The van der Waals surface area contributed by atoms with Gasteiger partial charge in [-0.15, -0.1) is 0 Å². The summed E-state index contributed by atoms with van der Waals surface area (Å²) in [5, 5.41) is 3.09. The Morgan fingerprint density at radius 2 is 2.00 bits per heavy atom. The molecule has 0 heterocycles. The number of hydrogen-bond acceptors (Lipinski definition) is 1. The van der Waals surface area contributed by atoms with Crippen LogP contribution >= 0.6 is 0 Å². The highest BCUT2D eigenvalue weighted by molar-refractivity contribution is 5.74. The summed E-state index contributed by atoms with van der Waals surface area (Å²) >= 11 is 0. The number of amides is 2. The van der Waals surface area contributed by atoms with Crippen LogP contribution in [-0.2, 0) is 0 Å². The second kappa shape index (κ2) is 5.99. The summed E-state index contributed by atoms with van der Waals surface area (Å²) in [4.78, 5) is 13.5. The molecule has 0 unspecified atom stereocenters. The van der Waals surface area contributed by atoms with Gasteiger partial charge < -0.3 is 10.2 Å². The molecule has 0 aromatic heterocycles. The lowest BCUT2D eigenvalue weighted by atomic mass is 10.1. The quantitative estimate of drug-likeness (QED) is 0.763. The fraction of sp³-hybridized carbons (Fsp3) is 0.917. The molecule has 1 N–H and O–H groups in total. The van der Waals surface area contributed by atoms with Crippen LogP contribution in [0, 0.1) is 5.92 Å². The molecular weight excluding hydrogens is 188 g/mol. The summed E-state index contributed by atoms with van der Waals surface area (Å²) < 4.78 is 0. The number of nitrogens with zero attached hydrogens (tertiary/aromatic N) is 1. The molecule has 0 atom stereocenters. The zero-order valence-electron chi connectivity index (χ0n) is 10.3. The fourth-order valence-electron chi connectivity index (χ4n) is 1.91. The van der Waals surface area contributed by atoms with Crippen LogP contribution in [0.5, 0.6) is 0 Å². The van der Waals surface area contributed by atoms with Gasteiger partial charge in [0, 0.05) is 19.6 Å². The smallest absolute Gasteiger partial charge is 0.317 e. The van der Waals surface area contributed by atoms with Crippen LogP contribution in [0.1, 0.15) is 46.0 Å². The molecule has 0 aromatic rings. The lowest BCUT2D eigenvalue weighted by Gasteiger charge is -2.21. The van der Waals surface area contributed by atoms with Gasteiger partial charge in [0.15, 0.2) is 0 Å². The molecule has 0 aliphatic heterocycles. The summed E-state index contributed by atoms with van der Waals surface area (Å²) in [6.07, 6.45) is 5.92. The zero-order valence-corrected chi connectivity index (χ0v) is 10.3. The van der Waals surface area contributed by atoms with Gasteiger partial charge in [0.25, 0.3) is 0 Å². The van der Waals surface area contributed by atoms with Gasteiger partial charge >= 0.3 is 6.03 Å². The Morgan fingerprint density at radius 3 is 2.53 bits per heavy atom. The monoisotopic (exact) mass is 212 g/mol. The third-order valence-corrected chi connectivity index (χ3v) is 3.07. The number of carbonyl (C=O) groups is 1. The van der Waals surface area contributed by atoms with E-state index in [0.29, 0.717) is 12.0 Å². The highest BCUT2D eigenvalue weighted by Gasteiger charge is 2.18. The van der Waals surface area contributed by atoms with Crippen molar-refractivity contribution in [3.8, 4) is 0 Å². The van der Waals surface area contributed by atoms with Crippen molar-refractivity contribution < 1.29 is 4.79 Å². The van der Waals surface area contributed by atoms with Crippen molar-refractivity contribution in [2.45, 2.75) is 52.0 Å². The molecule has 15 heavy (non-hydrogen) atoms. The minimum Gasteiger partial charge on any atom is -0.335 e. The first-order chi connectivity index (χ1) is 7.09. The summed E-state index contributed by atoms with van der Waals surface area (Å²) in [7, 11) is 1.88.